The summed E-state index contributed by atoms with van der Waals surface area (Å²) >= 11 is 0. The molecule has 1 heterocycles. The van der Waals surface area contributed by atoms with E-state index in [9.17, 15) is 10.1 Å². The highest BCUT2D eigenvalue weighted by atomic mass is 16.6. The molecule has 0 spiro atoms. The van der Waals surface area contributed by atoms with Crippen molar-refractivity contribution in [3.8, 4) is 5.75 Å². The third-order valence-corrected chi connectivity index (χ3v) is 2.59. The number of nitrogens with zero attached hydrogens (tertiary/aromatic N) is 2. The van der Waals surface area contributed by atoms with Crippen LogP contribution in [-0.4, -0.2) is 17.2 Å². The molecule has 2 rings (SSSR count). The molecule has 0 atom stereocenters. The lowest BCUT2D eigenvalue weighted by Gasteiger charge is -2.02. The van der Waals surface area contributed by atoms with E-state index in [2.05, 4.69) is 5.16 Å². The van der Waals surface area contributed by atoms with E-state index in [4.69, 9.17) is 9.26 Å². The van der Waals surface area contributed by atoms with E-state index < -0.39 is 4.92 Å². The second-order valence-corrected chi connectivity index (χ2v) is 3.81. The molecule has 0 saturated heterocycles. The van der Waals surface area contributed by atoms with E-state index >= 15 is 0 Å². The Morgan fingerprint density at radius 2 is 2.11 bits per heavy atom. The Bertz CT molecular complexity index is 631. The smallest absolute Gasteiger partial charge is 0.338 e. The summed E-state index contributed by atoms with van der Waals surface area (Å²) in [4.78, 5) is 10.4. The predicted octanol–water partition coefficient (Wildman–Crippen LogP) is 3.07. The van der Waals surface area contributed by atoms with Crippen molar-refractivity contribution >= 4 is 17.8 Å². The van der Waals surface area contributed by atoms with Gasteiger partial charge in [0.25, 0.3) is 0 Å². The molecule has 98 valence electrons. The van der Waals surface area contributed by atoms with Crippen molar-refractivity contribution in [2.45, 2.75) is 6.92 Å². The fraction of sp³-hybridized carbons (Fsp3) is 0.154. The molecule has 2 aromatic rings. The van der Waals surface area contributed by atoms with Gasteiger partial charge in [0, 0.05) is 5.56 Å². The van der Waals surface area contributed by atoms with Crippen LogP contribution in [-0.2, 0) is 0 Å². The van der Waals surface area contributed by atoms with Crippen molar-refractivity contribution in [1.29, 1.82) is 0 Å². The minimum atomic E-state index is -0.506. The Balaban J connectivity index is 2.36. The number of hydrogen-bond donors (Lipinski definition) is 0. The largest absolute Gasteiger partial charge is 0.496 e. The van der Waals surface area contributed by atoms with Gasteiger partial charge in [-0.05, 0) is 25.1 Å². The van der Waals surface area contributed by atoms with Gasteiger partial charge in [-0.2, -0.15) is 0 Å². The van der Waals surface area contributed by atoms with Gasteiger partial charge in [-0.3, -0.25) is 10.1 Å². The van der Waals surface area contributed by atoms with Gasteiger partial charge >= 0.3 is 5.69 Å². The lowest BCUT2D eigenvalue weighted by atomic mass is 10.1. The molecule has 6 heteroatoms. The quantitative estimate of drug-likeness (QED) is 0.623. The number of rotatable bonds is 4. The van der Waals surface area contributed by atoms with Crippen LogP contribution in [0.2, 0.25) is 0 Å². The van der Waals surface area contributed by atoms with Crippen LogP contribution in [0.4, 0.5) is 5.69 Å². The normalized spacial score (nSPS) is 10.8. The predicted molar refractivity (Wildman–Crippen MR) is 69.8 cm³/mol. The molecule has 1 aromatic heterocycles. The van der Waals surface area contributed by atoms with Crippen LogP contribution >= 0.6 is 0 Å². The summed E-state index contributed by atoms with van der Waals surface area (Å²) in [7, 11) is 1.56. The lowest BCUT2D eigenvalue weighted by Crippen LogP contribution is -1.90. The van der Waals surface area contributed by atoms with Crippen molar-refractivity contribution in [3.63, 3.8) is 0 Å². The Morgan fingerprint density at radius 3 is 2.79 bits per heavy atom. The zero-order chi connectivity index (χ0) is 13.8. The molecule has 0 aliphatic rings. The highest BCUT2D eigenvalue weighted by Crippen LogP contribution is 2.26. The number of nitro groups is 1. The van der Waals surface area contributed by atoms with E-state index in [1.807, 2.05) is 18.2 Å². The summed E-state index contributed by atoms with van der Waals surface area (Å²) in [5, 5.41) is 14.5. The van der Waals surface area contributed by atoms with E-state index in [-0.39, 0.29) is 17.1 Å². The number of methoxy groups -OCH3 is 1. The number of hydrogen-bond acceptors (Lipinski definition) is 5. The molecular formula is C13H12N2O4. The molecule has 1 aromatic carbocycles. The van der Waals surface area contributed by atoms with E-state index in [1.165, 1.54) is 13.0 Å². The first-order valence-corrected chi connectivity index (χ1v) is 5.55. The number of ether oxygens (including phenoxy) is 1. The highest BCUT2D eigenvalue weighted by molar-refractivity contribution is 5.74. The number of aromatic nitrogens is 1. The average Bonchev–Trinajstić information content (AvgIpc) is 2.78. The molecule has 0 aliphatic heterocycles. The second kappa shape index (κ2) is 5.34. The topological polar surface area (TPSA) is 78.4 Å². The molecule has 6 nitrogen and oxygen atoms in total. The Morgan fingerprint density at radius 1 is 1.37 bits per heavy atom. The highest BCUT2D eigenvalue weighted by Gasteiger charge is 2.21. The van der Waals surface area contributed by atoms with Crippen LogP contribution in [0.1, 0.15) is 17.0 Å². The van der Waals surface area contributed by atoms with E-state index in [1.54, 1.807) is 19.3 Å². The monoisotopic (exact) mass is 260 g/mol. The summed E-state index contributed by atoms with van der Waals surface area (Å²) in [6, 6.07) is 7.34. The fourth-order valence-electron chi connectivity index (χ4n) is 1.68. The third kappa shape index (κ3) is 2.62. The summed E-state index contributed by atoms with van der Waals surface area (Å²) < 4.78 is 10.1. The first-order valence-electron chi connectivity index (χ1n) is 5.55. The molecule has 0 N–H and O–H groups in total. The maximum atomic E-state index is 10.9. The molecule has 0 fully saturated rings. The maximum absolute atomic E-state index is 10.9. The van der Waals surface area contributed by atoms with Crippen molar-refractivity contribution in [3.05, 3.63) is 51.4 Å². The molecule has 0 amide bonds. The maximum Gasteiger partial charge on any atom is 0.338 e. The van der Waals surface area contributed by atoms with Crippen molar-refractivity contribution < 1.29 is 14.2 Å². The molecule has 19 heavy (non-hydrogen) atoms. The van der Waals surface area contributed by atoms with Gasteiger partial charge in [0.2, 0.25) is 5.76 Å². The summed E-state index contributed by atoms with van der Waals surface area (Å²) in [6.07, 6.45) is 3.20. The van der Waals surface area contributed by atoms with Gasteiger partial charge in [-0.1, -0.05) is 23.4 Å². The van der Waals surface area contributed by atoms with Crippen LogP contribution < -0.4 is 4.74 Å². The average molecular weight is 260 g/mol. The minimum Gasteiger partial charge on any atom is -0.496 e. The van der Waals surface area contributed by atoms with Crippen LogP contribution in [0.25, 0.3) is 12.2 Å². The fourth-order valence-corrected chi connectivity index (χ4v) is 1.68. The Kier molecular flexibility index (Phi) is 3.61. The second-order valence-electron chi connectivity index (χ2n) is 3.81. The molecule has 0 radical (unpaired) electrons. The van der Waals surface area contributed by atoms with Crippen LogP contribution in [0.15, 0.2) is 28.8 Å². The molecule has 0 unspecified atom stereocenters. The summed E-state index contributed by atoms with van der Waals surface area (Å²) in [5.41, 5.74) is 0.934. The van der Waals surface area contributed by atoms with Crippen molar-refractivity contribution in [2.75, 3.05) is 7.11 Å². The van der Waals surface area contributed by atoms with Gasteiger partial charge in [0.15, 0.2) is 5.69 Å². The number of aryl methyl sites for hydroxylation is 1. The van der Waals surface area contributed by atoms with Crippen LogP contribution in [0, 0.1) is 17.0 Å². The minimum absolute atomic E-state index is 0.119. The molecule has 0 saturated carbocycles. The summed E-state index contributed by atoms with van der Waals surface area (Å²) in [5.74, 6) is 0.797. The first kappa shape index (κ1) is 12.8. The Hall–Kier alpha value is -2.63. The lowest BCUT2D eigenvalue weighted by molar-refractivity contribution is -0.386. The van der Waals surface area contributed by atoms with Crippen molar-refractivity contribution in [2.24, 2.45) is 0 Å². The molecule has 0 bridgehead atoms. The van der Waals surface area contributed by atoms with E-state index in [0.717, 1.165) is 5.56 Å². The molecular weight excluding hydrogens is 248 g/mol. The number of para-hydroxylation sites is 1. The van der Waals surface area contributed by atoms with Crippen LogP contribution in [0.5, 0.6) is 5.75 Å². The summed E-state index contributed by atoms with van der Waals surface area (Å²) in [6.45, 7) is 1.53. The van der Waals surface area contributed by atoms with Crippen LogP contribution in [0.3, 0.4) is 0 Å². The van der Waals surface area contributed by atoms with Gasteiger partial charge < -0.3 is 9.26 Å². The van der Waals surface area contributed by atoms with Gasteiger partial charge in [0.05, 0.1) is 12.0 Å². The standard InChI is InChI=1S/C13H12N2O4/c1-9-13(15(16)17)12(19-14-9)8-7-10-5-3-4-6-11(10)18-2/h3-8H,1-2H3/b8-7+. The van der Waals surface area contributed by atoms with Gasteiger partial charge in [-0.15, -0.1) is 0 Å². The van der Waals surface area contributed by atoms with E-state index in [0.29, 0.717) is 5.75 Å². The van der Waals surface area contributed by atoms with Crippen molar-refractivity contribution in [1.82, 2.24) is 5.16 Å². The Labute approximate surface area is 109 Å². The zero-order valence-electron chi connectivity index (χ0n) is 10.5. The third-order valence-electron chi connectivity index (χ3n) is 2.59. The first-order chi connectivity index (χ1) is 9.13. The SMILES string of the molecule is COc1ccccc1/C=C/c1onc(C)c1[N+](=O)[O-]. The van der Waals surface area contributed by atoms with Gasteiger partial charge in [0.1, 0.15) is 5.75 Å². The van der Waals surface area contributed by atoms with Gasteiger partial charge in [-0.25, -0.2) is 0 Å². The zero-order valence-corrected chi connectivity index (χ0v) is 10.5. The number of benzene rings is 1. The molecule has 0 aliphatic carbocycles.